The van der Waals surface area contributed by atoms with Crippen molar-refractivity contribution >= 4 is 38.0 Å². The highest BCUT2D eigenvalue weighted by molar-refractivity contribution is 7.30. The second kappa shape index (κ2) is 16.0. The van der Waals surface area contributed by atoms with E-state index in [1.807, 2.05) is 6.07 Å². The normalized spacial score (nSPS) is 11.3. The van der Waals surface area contributed by atoms with Crippen molar-refractivity contribution < 1.29 is 14.3 Å². The number of thiophene rings is 2. The Morgan fingerprint density at radius 1 is 0.686 bits per heavy atom. The minimum Gasteiger partial charge on any atom is -0.494 e. The summed E-state index contributed by atoms with van der Waals surface area (Å²) in [6.07, 6.45) is 16.2. The maximum Gasteiger partial charge on any atom is 0.348 e. The van der Waals surface area contributed by atoms with Crippen LogP contribution in [0.15, 0.2) is 36.4 Å². The third-order valence-corrected chi connectivity index (χ3v) is 8.62. The smallest absolute Gasteiger partial charge is 0.348 e. The zero-order valence-corrected chi connectivity index (χ0v) is 23.2. The van der Waals surface area contributed by atoms with Crippen molar-refractivity contribution in [2.24, 2.45) is 0 Å². The number of esters is 1. The van der Waals surface area contributed by atoms with E-state index in [0.717, 1.165) is 41.0 Å². The van der Waals surface area contributed by atoms with Crippen LogP contribution in [0.2, 0.25) is 0 Å². The highest BCUT2D eigenvalue weighted by atomic mass is 32.1. The molecule has 0 saturated carbocycles. The zero-order valence-electron chi connectivity index (χ0n) is 21.6. The van der Waals surface area contributed by atoms with E-state index in [1.165, 1.54) is 86.0 Å². The molecule has 0 atom stereocenters. The molecule has 3 aromatic rings. The van der Waals surface area contributed by atoms with E-state index >= 15 is 0 Å². The van der Waals surface area contributed by atoms with Crippen LogP contribution >= 0.6 is 22.7 Å². The van der Waals surface area contributed by atoms with Crippen molar-refractivity contribution in [3.05, 3.63) is 41.3 Å². The molecule has 192 valence electrons. The Labute approximate surface area is 219 Å². The first-order valence-corrected chi connectivity index (χ1v) is 15.3. The van der Waals surface area contributed by atoms with Gasteiger partial charge < -0.3 is 9.47 Å². The fourth-order valence-corrected chi connectivity index (χ4v) is 6.46. The SMILES string of the molecule is CCCCCCCCCOc1ccc(-c2cc3sc(C(=O)OCCCCCCCC)cc3s2)cc1. The number of carbonyl (C=O) groups is 1. The largest absolute Gasteiger partial charge is 0.494 e. The highest BCUT2D eigenvalue weighted by Gasteiger charge is 2.14. The molecular formula is C30H42O3S2. The first kappa shape index (κ1) is 27.7. The van der Waals surface area contributed by atoms with Crippen LogP contribution in [0.5, 0.6) is 5.75 Å². The highest BCUT2D eigenvalue weighted by Crippen LogP contribution is 2.39. The van der Waals surface area contributed by atoms with Crippen molar-refractivity contribution in [2.75, 3.05) is 13.2 Å². The van der Waals surface area contributed by atoms with E-state index in [1.54, 1.807) is 11.3 Å². The van der Waals surface area contributed by atoms with Crippen LogP contribution in [0.3, 0.4) is 0 Å². The predicted molar refractivity (Wildman–Crippen MR) is 152 cm³/mol. The summed E-state index contributed by atoms with van der Waals surface area (Å²) >= 11 is 3.26. The summed E-state index contributed by atoms with van der Waals surface area (Å²) in [5.74, 6) is 0.754. The molecule has 0 aliphatic carbocycles. The maximum atomic E-state index is 12.4. The van der Waals surface area contributed by atoms with E-state index in [-0.39, 0.29) is 5.97 Å². The van der Waals surface area contributed by atoms with E-state index in [9.17, 15) is 4.79 Å². The average molecular weight is 515 g/mol. The first-order chi connectivity index (χ1) is 17.2. The lowest BCUT2D eigenvalue weighted by atomic mass is 10.1. The molecule has 0 aliphatic heterocycles. The van der Waals surface area contributed by atoms with Gasteiger partial charge in [0.05, 0.1) is 13.2 Å². The van der Waals surface area contributed by atoms with Crippen LogP contribution in [-0.4, -0.2) is 19.2 Å². The third-order valence-electron chi connectivity index (χ3n) is 6.29. The predicted octanol–water partition coefficient (Wildman–Crippen LogP) is 10.3. The van der Waals surface area contributed by atoms with Gasteiger partial charge in [-0.15, -0.1) is 22.7 Å². The molecule has 3 nitrogen and oxygen atoms in total. The second-order valence-electron chi connectivity index (χ2n) is 9.35. The summed E-state index contributed by atoms with van der Waals surface area (Å²) in [5.41, 5.74) is 1.19. The number of benzene rings is 1. The molecule has 0 spiro atoms. The quantitative estimate of drug-likeness (QED) is 0.125. The van der Waals surface area contributed by atoms with Crippen LogP contribution in [0, 0.1) is 0 Å². The number of rotatable bonds is 18. The van der Waals surface area contributed by atoms with Crippen LogP contribution < -0.4 is 4.74 Å². The molecule has 0 fully saturated rings. The fourth-order valence-electron chi connectivity index (χ4n) is 4.16. The van der Waals surface area contributed by atoms with Crippen molar-refractivity contribution in [1.82, 2.24) is 0 Å². The second-order valence-corrected chi connectivity index (χ2v) is 11.5. The Morgan fingerprint density at radius 2 is 1.26 bits per heavy atom. The van der Waals surface area contributed by atoms with Gasteiger partial charge in [-0.3, -0.25) is 0 Å². The monoisotopic (exact) mass is 514 g/mol. The van der Waals surface area contributed by atoms with E-state index in [2.05, 4.69) is 44.2 Å². The lowest BCUT2D eigenvalue weighted by Gasteiger charge is -2.07. The molecule has 0 amide bonds. The van der Waals surface area contributed by atoms with Gasteiger partial charge >= 0.3 is 5.97 Å². The van der Waals surface area contributed by atoms with Crippen LogP contribution in [0.25, 0.3) is 19.8 Å². The maximum absolute atomic E-state index is 12.4. The molecule has 3 rings (SSSR count). The van der Waals surface area contributed by atoms with Crippen molar-refractivity contribution in [2.45, 2.75) is 97.3 Å². The van der Waals surface area contributed by atoms with Crippen molar-refractivity contribution in [1.29, 1.82) is 0 Å². The molecule has 0 bridgehead atoms. The van der Waals surface area contributed by atoms with Gasteiger partial charge in [0.1, 0.15) is 10.6 Å². The molecule has 35 heavy (non-hydrogen) atoms. The number of carbonyl (C=O) groups excluding carboxylic acids is 1. The molecule has 0 saturated heterocycles. The minimum absolute atomic E-state index is 0.184. The molecule has 2 aromatic heterocycles. The zero-order chi connectivity index (χ0) is 24.7. The molecule has 5 heteroatoms. The summed E-state index contributed by atoms with van der Waals surface area (Å²) in [6, 6.07) is 12.6. The number of ether oxygens (including phenoxy) is 2. The lowest BCUT2D eigenvalue weighted by molar-refractivity contribution is 0.0503. The Balaban J connectivity index is 1.40. The van der Waals surface area contributed by atoms with Gasteiger partial charge in [-0.05, 0) is 54.8 Å². The number of hydrogen-bond donors (Lipinski definition) is 0. The molecular weight excluding hydrogens is 472 g/mol. The molecule has 2 heterocycles. The molecule has 0 aliphatic rings. The van der Waals surface area contributed by atoms with E-state index in [0.29, 0.717) is 11.5 Å². The van der Waals surface area contributed by atoms with Crippen LogP contribution in [-0.2, 0) is 4.74 Å². The van der Waals surface area contributed by atoms with Crippen LogP contribution in [0.4, 0.5) is 0 Å². The standard InChI is InChI=1S/C30H42O3S2/c1-3-5-7-9-11-13-14-20-32-25-18-16-24(17-19-25)26-22-27-28(34-26)23-29(35-27)30(31)33-21-15-12-10-8-6-4-2/h16-19,22-23H,3-15,20-21H2,1-2H3. The van der Waals surface area contributed by atoms with Gasteiger partial charge in [0.15, 0.2) is 0 Å². The van der Waals surface area contributed by atoms with Gasteiger partial charge in [-0.2, -0.15) is 0 Å². The third kappa shape index (κ3) is 9.61. The minimum atomic E-state index is -0.184. The summed E-state index contributed by atoms with van der Waals surface area (Å²) in [7, 11) is 0. The molecule has 0 N–H and O–H groups in total. The average Bonchev–Trinajstić information content (AvgIpc) is 3.45. The molecule has 1 aromatic carbocycles. The van der Waals surface area contributed by atoms with Gasteiger partial charge in [0.25, 0.3) is 0 Å². The Kier molecular flexibility index (Phi) is 12.7. The summed E-state index contributed by atoms with van der Waals surface area (Å²) in [5, 5.41) is 0. The Bertz CT molecular complexity index is 955. The van der Waals surface area contributed by atoms with Gasteiger partial charge in [-0.1, -0.05) is 84.5 Å². The Morgan fingerprint density at radius 3 is 1.89 bits per heavy atom. The van der Waals surface area contributed by atoms with Gasteiger partial charge in [-0.25, -0.2) is 4.79 Å². The van der Waals surface area contributed by atoms with Gasteiger partial charge in [0, 0.05) is 14.3 Å². The van der Waals surface area contributed by atoms with Gasteiger partial charge in [0.2, 0.25) is 0 Å². The van der Waals surface area contributed by atoms with Crippen molar-refractivity contribution in [3.8, 4) is 16.2 Å². The topological polar surface area (TPSA) is 35.5 Å². The number of fused-ring (bicyclic) bond motifs is 1. The number of hydrogen-bond acceptors (Lipinski definition) is 5. The van der Waals surface area contributed by atoms with E-state index in [4.69, 9.17) is 9.47 Å². The molecule has 0 unspecified atom stereocenters. The van der Waals surface area contributed by atoms with Crippen molar-refractivity contribution in [3.63, 3.8) is 0 Å². The molecule has 0 radical (unpaired) electrons. The fraction of sp³-hybridized carbons (Fsp3) is 0.567. The summed E-state index contributed by atoms with van der Waals surface area (Å²) < 4.78 is 13.7. The Hall–Kier alpha value is -1.85. The van der Waals surface area contributed by atoms with E-state index < -0.39 is 0 Å². The summed E-state index contributed by atoms with van der Waals surface area (Å²) in [6.45, 7) is 5.79. The first-order valence-electron chi connectivity index (χ1n) is 13.6. The van der Waals surface area contributed by atoms with Crippen LogP contribution in [0.1, 0.15) is 107 Å². The summed E-state index contributed by atoms with van der Waals surface area (Å²) in [4.78, 5) is 14.3. The number of unbranched alkanes of at least 4 members (excludes halogenated alkanes) is 11. The lowest BCUT2D eigenvalue weighted by Crippen LogP contribution is -2.04.